The Morgan fingerprint density at radius 2 is 1.89 bits per heavy atom. The first-order chi connectivity index (χ1) is 8.70. The van der Waals surface area contributed by atoms with Gasteiger partial charge in [0.2, 0.25) is 5.88 Å². The van der Waals surface area contributed by atoms with Crippen molar-refractivity contribution < 1.29 is 4.74 Å². The maximum Gasteiger partial charge on any atom is 0.243 e. The smallest absolute Gasteiger partial charge is 0.243 e. The van der Waals surface area contributed by atoms with E-state index in [1.807, 2.05) is 18.2 Å². The van der Waals surface area contributed by atoms with Gasteiger partial charge in [0.15, 0.2) is 0 Å². The highest BCUT2D eigenvalue weighted by molar-refractivity contribution is 5.33. The number of hydrogen-bond donors (Lipinski definition) is 1. The minimum Gasteiger partial charge on any atom is -0.437 e. The fraction of sp³-hybridized carbons (Fsp3) is 0.286. The molecular formula is C14H17N3O. The van der Waals surface area contributed by atoms with Gasteiger partial charge < -0.3 is 10.5 Å². The molecule has 94 valence electrons. The van der Waals surface area contributed by atoms with Crippen LogP contribution < -0.4 is 10.5 Å². The van der Waals surface area contributed by atoms with Gasteiger partial charge >= 0.3 is 0 Å². The minimum absolute atomic E-state index is 0.384. The van der Waals surface area contributed by atoms with Crippen molar-refractivity contribution in [2.45, 2.75) is 26.3 Å². The normalized spacial score (nSPS) is 10.7. The highest BCUT2D eigenvalue weighted by Crippen LogP contribution is 2.24. The lowest BCUT2D eigenvalue weighted by Crippen LogP contribution is -2.02. The largest absolute Gasteiger partial charge is 0.437 e. The number of nitrogens with two attached hydrogens (primary N) is 1. The van der Waals surface area contributed by atoms with Gasteiger partial charge in [-0.25, -0.2) is 0 Å². The third kappa shape index (κ3) is 2.84. The Balaban J connectivity index is 2.18. The van der Waals surface area contributed by atoms with Crippen molar-refractivity contribution in [3.63, 3.8) is 0 Å². The number of ether oxygens (including phenoxy) is 1. The summed E-state index contributed by atoms with van der Waals surface area (Å²) in [5, 5.41) is 7.75. The van der Waals surface area contributed by atoms with Crippen LogP contribution in [0.2, 0.25) is 0 Å². The molecule has 18 heavy (non-hydrogen) atoms. The third-order valence-corrected chi connectivity index (χ3v) is 2.75. The van der Waals surface area contributed by atoms with Gasteiger partial charge in [0.25, 0.3) is 0 Å². The van der Waals surface area contributed by atoms with Crippen molar-refractivity contribution in [2.24, 2.45) is 5.73 Å². The lowest BCUT2D eigenvalue weighted by atomic mass is 10.0. The van der Waals surface area contributed by atoms with Crippen LogP contribution in [0, 0.1) is 0 Å². The van der Waals surface area contributed by atoms with Gasteiger partial charge in [-0.2, -0.15) is 5.10 Å². The molecule has 0 fully saturated rings. The molecule has 0 aliphatic carbocycles. The Bertz CT molecular complexity index is 509. The van der Waals surface area contributed by atoms with E-state index < -0.39 is 0 Å². The second kappa shape index (κ2) is 5.60. The van der Waals surface area contributed by atoms with Crippen LogP contribution >= 0.6 is 0 Å². The molecule has 0 saturated carbocycles. The zero-order valence-corrected chi connectivity index (χ0v) is 10.6. The van der Waals surface area contributed by atoms with Gasteiger partial charge in [0.05, 0.1) is 6.20 Å². The summed E-state index contributed by atoms with van der Waals surface area (Å²) in [6.07, 6.45) is 1.61. The van der Waals surface area contributed by atoms with E-state index >= 15 is 0 Å². The molecule has 0 saturated heterocycles. The average Bonchev–Trinajstić information content (AvgIpc) is 2.40. The van der Waals surface area contributed by atoms with Crippen LogP contribution in [0.3, 0.4) is 0 Å². The molecule has 4 heteroatoms. The van der Waals surface area contributed by atoms with Crippen molar-refractivity contribution in [3.05, 3.63) is 47.7 Å². The number of rotatable bonds is 4. The van der Waals surface area contributed by atoms with Gasteiger partial charge in [-0.05, 0) is 29.7 Å². The molecule has 0 aliphatic heterocycles. The maximum absolute atomic E-state index is 5.68. The Morgan fingerprint density at radius 3 is 2.50 bits per heavy atom. The zero-order chi connectivity index (χ0) is 13.0. The number of aromatic nitrogens is 2. The van der Waals surface area contributed by atoms with Crippen molar-refractivity contribution in [3.8, 4) is 11.6 Å². The van der Waals surface area contributed by atoms with E-state index in [1.165, 1.54) is 5.56 Å². The van der Waals surface area contributed by atoms with Crippen LogP contribution in [-0.4, -0.2) is 10.2 Å². The van der Waals surface area contributed by atoms with Crippen molar-refractivity contribution in [1.82, 2.24) is 10.2 Å². The van der Waals surface area contributed by atoms with Crippen LogP contribution in [0.1, 0.15) is 30.9 Å². The number of benzene rings is 1. The van der Waals surface area contributed by atoms with Gasteiger partial charge in [-0.1, -0.05) is 26.0 Å². The molecule has 0 atom stereocenters. The molecule has 1 aromatic carbocycles. The Kier molecular flexibility index (Phi) is 3.89. The molecular weight excluding hydrogens is 226 g/mol. The molecule has 0 radical (unpaired) electrons. The van der Waals surface area contributed by atoms with Crippen LogP contribution in [0.25, 0.3) is 0 Å². The quantitative estimate of drug-likeness (QED) is 0.897. The molecule has 0 aliphatic rings. The van der Waals surface area contributed by atoms with Crippen LogP contribution in [0.15, 0.2) is 36.5 Å². The van der Waals surface area contributed by atoms with Crippen LogP contribution in [-0.2, 0) is 6.54 Å². The van der Waals surface area contributed by atoms with E-state index in [4.69, 9.17) is 10.5 Å². The summed E-state index contributed by atoms with van der Waals surface area (Å²) < 4.78 is 5.68. The monoisotopic (exact) mass is 243 g/mol. The van der Waals surface area contributed by atoms with E-state index in [-0.39, 0.29) is 0 Å². The molecule has 4 nitrogen and oxygen atoms in total. The predicted molar refractivity (Wildman–Crippen MR) is 70.5 cm³/mol. The van der Waals surface area contributed by atoms with Crippen molar-refractivity contribution in [2.75, 3.05) is 0 Å². The molecule has 0 spiro atoms. The summed E-state index contributed by atoms with van der Waals surface area (Å²) >= 11 is 0. The summed E-state index contributed by atoms with van der Waals surface area (Å²) in [6.45, 7) is 4.70. The maximum atomic E-state index is 5.68. The standard InChI is InChI=1S/C14H17N3O/c1-10(2)11-3-5-13(6-4-11)18-14-12(9-15)7-8-16-17-14/h3-8,10H,9,15H2,1-2H3. The third-order valence-electron chi connectivity index (χ3n) is 2.75. The number of nitrogens with zero attached hydrogens (tertiary/aromatic N) is 2. The SMILES string of the molecule is CC(C)c1ccc(Oc2nnccc2CN)cc1. The molecule has 2 N–H and O–H groups in total. The summed E-state index contributed by atoms with van der Waals surface area (Å²) in [6, 6.07) is 9.79. The highest BCUT2D eigenvalue weighted by Gasteiger charge is 2.06. The second-order valence-corrected chi connectivity index (χ2v) is 4.39. The molecule has 2 rings (SSSR count). The molecule has 0 amide bonds. The Morgan fingerprint density at radius 1 is 1.17 bits per heavy atom. The van der Waals surface area contributed by atoms with Crippen LogP contribution in [0.5, 0.6) is 11.6 Å². The van der Waals surface area contributed by atoms with Crippen LogP contribution in [0.4, 0.5) is 0 Å². The van der Waals surface area contributed by atoms with E-state index in [9.17, 15) is 0 Å². The first-order valence-electron chi connectivity index (χ1n) is 5.99. The van der Waals surface area contributed by atoms with E-state index in [0.717, 1.165) is 11.3 Å². The molecule has 1 aromatic heterocycles. The molecule has 2 aromatic rings. The highest BCUT2D eigenvalue weighted by atomic mass is 16.5. The summed E-state index contributed by atoms with van der Waals surface area (Å²) in [5.74, 6) is 1.72. The first-order valence-corrected chi connectivity index (χ1v) is 5.99. The second-order valence-electron chi connectivity index (χ2n) is 4.39. The fourth-order valence-electron chi connectivity index (χ4n) is 1.62. The zero-order valence-electron chi connectivity index (χ0n) is 10.6. The summed E-state index contributed by atoms with van der Waals surface area (Å²) in [7, 11) is 0. The van der Waals surface area contributed by atoms with E-state index in [2.05, 4.69) is 36.2 Å². The summed E-state index contributed by atoms with van der Waals surface area (Å²) in [4.78, 5) is 0. The first kappa shape index (κ1) is 12.5. The lowest BCUT2D eigenvalue weighted by molar-refractivity contribution is 0.448. The topological polar surface area (TPSA) is 61.0 Å². The van der Waals surface area contributed by atoms with E-state index in [0.29, 0.717) is 18.3 Å². The van der Waals surface area contributed by atoms with Crippen molar-refractivity contribution in [1.29, 1.82) is 0 Å². The summed E-state index contributed by atoms with van der Waals surface area (Å²) in [5.41, 5.74) is 7.74. The van der Waals surface area contributed by atoms with Gasteiger partial charge in [-0.3, -0.25) is 0 Å². The predicted octanol–water partition coefficient (Wildman–Crippen LogP) is 2.85. The molecule has 0 bridgehead atoms. The van der Waals surface area contributed by atoms with Crippen molar-refractivity contribution >= 4 is 0 Å². The Labute approximate surface area is 107 Å². The van der Waals surface area contributed by atoms with Gasteiger partial charge in [0.1, 0.15) is 5.75 Å². The van der Waals surface area contributed by atoms with Gasteiger partial charge in [0, 0.05) is 12.1 Å². The van der Waals surface area contributed by atoms with Gasteiger partial charge in [-0.15, -0.1) is 5.10 Å². The Hall–Kier alpha value is -1.94. The lowest BCUT2D eigenvalue weighted by Gasteiger charge is -2.09. The average molecular weight is 243 g/mol. The minimum atomic E-state index is 0.384. The van der Waals surface area contributed by atoms with E-state index in [1.54, 1.807) is 6.20 Å². The number of hydrogen-bond acceptors (Lipinski definition) is 4. The molecule has 1 heterocycles. The fourth-order valence-corrected chi connectivity index (χ4v) is 1.62. The molecule has 0 unspecified atom stereocenters.